The standard InChI is InChI=1S/C28H25N3O/c1-18-4-2-3-5-25(18)22-10-9-21-12-13-27(32)31(26(21)16-22)17-19-6-7-20-8-11-23(28(29)30)15-24(20)14-19/h2-11,14-16H,12-13,17H2,1H3,(H3,29,30). The third-order valence-corrected chi connectivity index (χ3v) is 6.30. The molecule has 4 aromatic rings. The molecule has 0 spiro atoms. The molecule has 0 aliphatic carbocycles. The van der Waals surface area contributed by atoms with Gasteiger partial charge in [-0.3, -0.25) is 10.2 Å². The zero-order valence-electron chi connectivity index (χ0n) is 18.1. The van der Waals surface area contributed by atoms with Gasteiger partial charge in [-0.1, -0.05) is 60.7 Å². The van der Waals surface area contributed by atoms with Crippen LogP contribution in [-0.2, 0) is 17.8 Å². The highest BCUT2D eigenvalue weighted by molar-refractivity contribution is 6.00. The lowest BCUT2D eigenvalue weighted by Crippen LogP contribution is -2.34. The predicted octanol–water partition coefficient (Wildman–Crippen LogP) is 5.58. The van der Waals surface area contributed by atoms with Gasteiger partial charge < -0.3 is 10.6 Å². The normalized spacial score (nSPS) is 13.3. The zero-order valence-corrected chi connectivity index (χ0v) is 18.1. The van der Waals surface area contributed by atoms with E-state index in [0.29, 0.717) is 18.5 Å². The maximum Gasteiger partial charge on any atom is 0.227 e. The molecule has 0 saturated carbocycles. The van der Waals surface area contributed by atoms with Crippen LogP contribution >= 0.6 is 0 Å². The van der Waals surface area contributed by atoms with Gasteiger partial charge in [-0.15, -0.1) is 0 Å². The number of rotatable bonds is 4. The number of nitrogens with zero attached hydrogens (tertiary/aromatic N) is 1. The van der Waals surface area contributed by atoms with Gasteiger partial charge >= 0.3 is 0 Å². The Kier molecular flexibility index (Phi) is 4.98. The van der Waals surface area contributed by atoms with Gasteiger partial charge in [-0.05, 0) is 70.1 Å². The van der Waals surface area contributed by atoms with E-state index in [0.717, 1.165) is 34.0 Å². The number of hydrogen-bond acceptors (Lipinski definition) is 2. The lowest BCUT2D eigenvalue weighted by atomic mass is 9.94. The van der Waals surface area contributed by atoms with Crippen LogP contribution in [0.2, 0.25) is 0 Å². The van der Waals surface area contributed by atoms with Gasteiger partial charge in [0.2, 0.25) is 5.91 Å². The number of amidine groups is 1. The maximum atomic E-state index is 13.0. The largest absolute Gasteiger partial charge is 0.384 e. The molecule has 4 nitrogen and oxygen atoms in total. The summed E-state index contributed by atoms with van der Waals surface area (Å²) in [5.74, 6) is 0.207. The molecule has 0 unspecified atom stereocenters. The average Bonchev–Trinajstić information content (AvgIpc) is 2.80. The number of hydrogen-bond donors (Lipinski definition) is 2. The quantitative estimate of drug-likeness (QED) is 0.335. The summed E-state index contributed by atoms with van der Waals surface area (Å²) in [5.41, 5.74) is 13.2. The number of carbonyl (C=O) groups is 1. The molecule has 1 amide bonds. The zero-order chi connectivity index (χ0) is 22.2. The molecule has 0 atom stereocenters. The van der Waals surface area contributed by atoms with Crippen LogP contribution in [0.3, 0.4) is 0 Å². The first-order valence-corrected chi connectivity index (χ1v) is 10.9. The molecule has 0 aromatic heterocycles. The Labute approximate surface area is 187 Å². The molecule has 0 fully saturated rings. The second-order valence-electron chi connectivity index (χ2n) is 8.45. The van der Waals surface area contributed by atoms with E-state index in [-0.39, 0.29) is 11.7 Å². The van der Waals surface area contributed by atoms with E-state index in [2.05, 4.69) is 61.5 Å². The number of amides is 1. The maximum absolute atomic E-state index is 13.0. The number of fused-ring (bicyclic) bond motifs is 2. The smallest absolute Gasteiger partial charge is 0.227 e. The molecule has 5 rings (SSSR count). The van der Waals surface area contributed by atoms with E-state index in [1.165, 1.54) is 16.7 Å². The van der Waals surface area contributed by atoms with Gasteiger partial charge in [0.1, 0.15) is 5.84 Å². The van der Waals surface area contributed by atoms with Crippen molar-refractivity contribution in [2.75, 3.05) is 4.90 Å². The third-order valence-electron chi connectivity index (χ3n) is 6.30. The molecule has 158 valence electrons. The topological polar surface area (TPSA) is 70.2 Å². The number of nitrogens with one attached hydrogen (secondary N) is 1. The van der Waals surface area contributed by atoms with Crippen molar-refractivity contribution in [2.45, 2.75) is 26.3 Å². The first kappa shape index (κ1) is 20.0. The Hall–Kier alpha value is -3.92. The molecule has 4 heteroatoms. The van der Waals surface area contributed by atoms with Crippen LogP contribution in [0.25, 0.3) is 21.9 Å². The van der Waals surface area contributed by atoms with Crippen LogP contribution in [0.15, 0.2) is 78.9 Å². The number of nitrogen functional groups attached to an aromatic ring is 1. The van der Waals surface area contributed by atoms with Gasteiger partial charge in [-0.2, -0.15) is 0 Å². The summed E-state index contributed by atoms with van der Waals surface area (Å²) < 4.78 is 0. The highest BCUT2D eigenvalue weighted by atomic mass is 16.2. The van der Waals surface area contributed by atoms with Crippen molar-refractivity contribution in [1.29, 1.82) is 5.41 Å². The van der Waals surface area contributed by atoms with E-state index in [1.807, 2.05) is 29.2 Å². The summed E-state index contributed by atoms with van der Waals surface area (Å²) in [4.78, 5) is 14.9. The Balaban J connectivity index is 1.53. The van der Waals surface area contributed by atoms with Crippen molar-refractivity contribution in [3.63, 3.8) is 0 Å². The molecule has 1 heterocycles. The number of nitrogens with two attached hydrogens (primary N) is 1. The van der Waals surface area contributed by atoms with Gasteiger partial charge in [0.25, 0.3) is 0 Å². The van der Waals surface area contributed by atoms with Crippen LogP contribution in [0.5, 0.6) is 0 Å². The van der Waals surface area contributed by atoms with Crippen molar-refractivity contribution in [3.8, 4) is 11.1 Å². The fourth-order valence-electron chi connectivity index (χ4n) is 4.52. The van der Waals surface area contributed by atoms with Crippen LogP contribution < -0.4 is 10.6 Å². The summed E-state index contributed by atoms with van der Waals surface area (Å²) in [7, 11) is 0. The fraction of sp³-hybridized carbons (Fsp3) is 0.143. The minimum absolute atomic E-state index is 0.0566. The molecule has 0 radical (unpaired) electrons. The second-order valence-corrected chi connectivity index (χ2v) is 8.45. The molecule has 0 bridgehead atoms. The Morgan fingerprint density at radius 2 is 1.75 bits per heavy atom. The van der Waals surface area contributed by atoms with E-state index >= 15 is 0 Å². The molecular weight excluding hydrogens is 394 g/mol. The van der Waals surface area contributed by atoms with Gasteiger partial charge in [0, 0.05) is 17.7 Å². The molecule has 1 aliphatic rings. The lowest BCUT2D eigenvalue weighted by Gasteiger charge is -2.30. The minimum atomic E-state index is 0.0566. The summed E-state index contributed by atoms with van der Waals surface area (Å²) in [6.07, 6.45) is 1.30. The number of benzene rings is 4. The van der Waals surface area contributed by atoms with Gasteiger partial charge in [0.05, 0.1) is 6.54 Å². The van der Waals surface area contributed by atoms with Crippen molar-refractivity contribution in [2.24, 2.45) is 5.73 Å². The summed E-state index contributed by atoms with van der Waals surface area (Å²) in [6.45, 7) is 2.63. The molecule has 4 aromatic carbocycles. The van der Waals surface area contributed by atoms with E-state index in [4.69, 9.17) is 11.1 Å². The van der Waals surface area contributed by atoms with Crippen LogP contribution in [0.4, 0.5) is 5.69 Å². The van der Waals surface area contributed by atoms with E-state index in [1.54, 1.807) is 0 Å². The van der Waals surface area contributed by atoms with Crippen molar-refractivity contribution in [1.82, 2.24) is 0 Å². The van der Waals surface area contributed by atoms with Crippen molar-refractivity contribution < 1.29 is 4.79 Å². The highest BCUT2D eigenvalue weighted by Gasteiger charge is 2.25. The number of anilines is 1. The van der Waals surface area contributed by atoms with Crippen molar-refractivity contribution >= 4 is 28.2 Å². The fourth-order valence-corrected chi connectivity index (χ4v) is 4.52. The number of aryl methyl sites for hydroxylation is 2. The summed E-state index contributed by atoms with van der Waals surface area (Å²) >= 11 is 0. The SMILES string of the molecule is Cc1ccccc1-c1ccc2c(c1)N(Cc1ccc3ccc(C(=N)N)cc3c1)C(=O)CC2. The lowest BCUT2D eigenvalue weighted by molar-refractivity contribution is -0.119. The predicted molar refractivity (Wildman–Crippen MR) is 131 cm³/mol. The molecule has 1 aliphatic heterocycles. The summed E-state index contributed by atoms with van der Waals surface area (Å²) in [5, 5.41) is 9.82. The first-order chi connectivity index (χ1) is 15.5. The molecular formula is C28H25N3O. The van der Waals surface area contributed by atoms with E-state index < -0.39 is 0 Å². The van der Waals surface area contributed by atoms with Gasteiger partial charge in [-0.25, -0.2) is 0 Å². The molecule has 0 saturated heterocycles. The molecule has 3 N–H and O–H groups in total. The second kappa shape index (κ2) is 7.97. The Morgan fingerprint density at radius 3 is 2.56 bits per heavy atom. The number of carbonyl (C=O) groups excluding carboxylic acids is 1. The third kappa shape index (κ3) is 3.65. The minimum Gasteiger partial charge on any atom is -0.384 e. The summed E-state index contributed by atoms with van der Waals surface area (Å²) in [6, 6.07) is 26.8. The molecule has 32 heavy (non-hydrogen) atoms. The Bertz CT molecular complexity index is 1370. The average molecular weight is 420 g/mol. The Morgan fingerprint density at radius 1 is 0.938 bits per heavy atom. The van der Waals surface area contributed by atoms with E-state index in [9.17, 15) is 4.79 Å². The van der Waals surface area contributed by atoms with Crippen LogP contribution in [0, 0.1) is 12.3 Å². The van der Waals surface area contributed by atoms with Crippen molar-refractivity contribution in [3.05, 3.63) is 101 Å². The highest BCUT2D eigenvalue weighted by Crippen LogP contribution is 2.35. The first-order valence-electron chi connectivity index (χ1n) is 10.9. The van der Waals surface area contributed by atoms with Crippen LogP contribution in [-0.4, -0.2) is 11.7 Å². The monoisotopic (exact) mass is 419 g/mol. The van der Waals surface area contributed by atoms with Gasteiger partial charge in [0.15, 0.2) is 0 Å². The van der Waals surface area contributed by atoms with Crippen LogP contribution in [0.1, 0.15) is 28.7 Å².